The summed E-state index contributed by atoms with van der Waals surface area (Å²) < 4.78 is 40.9. The Morgan fingerprint density at radius 2 is 2.06 bits per heavy atom. The molecule has 1 fully saturated rings. The average molecular weight is 257 g/mol. The molecule has 1 aliphatic heterocycles. The van der Waals surface area contributed by atoms with Crippen molar-refractivity contribution in [2.75, 3.05) is 13.7 Å². The first-order chi connectivity index (χ1) is 8.47. The molecule has 0 aromatic heterocycles. The number of hydrogen-bond donors (Lipinski definition) is 0. The highest BCUT2D eigenvalue weighted by atomic mass is 19.4. The molecule has 0 bridgehead atoms. The third kappa shape index (κ3) is 1.37. The van der Waals surface area contributed by atoms with E-state index in [4.69, 9.17) is 4.84 Å². The van der Waals surface area contributed by atoms with Gasteiger partial charge in [0.15, 0.2) is 0 Å². The van der Waals surface area contributed by atoms with Crippen molar-refractivity contribution in [1.82, 2.24) is 5.06 Å². The molecule has 0 unspecified atom stereocenters. The molecule has 0 N–H and O–H groups in total. The van der Waals surface area contributed by atoms with Crippen LogP contribution >= 0.6 is 0 Å². The number of hydrogen-bond acceptors (Lipinski definition) is 2. The maximum Gasteiger partial charge on any atom is 0.402 e. The lowest BCUT2D eigenvalue weighted by Gasteiger charge is -2.41. The fourth-order valence-electron chi connectivity index (χ4n) is 3.27. The maximum atomic E-state index is 13.6. The molecule has 18 heavy (non-hydrogen) atoms. The molecule has 98 valence electrons. The summed E-state index contributed by atoms with van der Waals surface area (Å²) in [6.07, 6.45) is -3.14. The van der Waals surface area contributed by atoms with E-state index < -0.39 is 17.6 Å². The maximum absolute atomic E-state index is 13.6. The second kappa shape index (κ2) is 3.71. The molecule has 1 aromatic rings. The van der Waals surface area contributed by atoms with E-state index in [1.54, 1.807) is 31.3 Å². The van der Waals surface area contributed by atoms with Gasteiger partial charge in [-0.2, -0.15) is 18.2 Å². The van der Waals surface area contributed by atoms with Gasteiger partial charge in [0.25, 0.3) is 0 Å². The minimum atomic E-state index is -4.29. The summed E-state index contributed by atoms with van der Waals surface area (Å²) in [6.45, 7) is -0.311. The largest absolute Gasteiger partial charge is 0.402 e. The van der Waals surface area contributed by atoms with Crippen LogP contribution in [-0.4, -0.2) is 30.9 Å². The minimum Gasteiger partial charge on any atom is -0.298 e. The molecular weight excluding hydrogens is 243 g/mol. The van der Waals surface area contributed by atoms with Gasteiger partial charge in [0.05, 0.1) is 12.6 Å². The summed E-state index contributed by atoms with van der Waals surface area (Å²) in [7, 11) is 1.59. The fourth-order valence-corrected chi connectivity index (χ4v) is 3.27. The summed E-state index contributed by atoms with van der Waals surface area (Å²) in [5, 5.41) is 1.38. The molecule has 1 saturated heterocycles. The number of nitrogens with zero attached hydrogens (tertiary/aromatic N) is 1. The van der Waals surface area contributed by atoms with Crippen LogP contribution in [0.1, 0.15) is 17.5 Å². The van der Waals surface area contributed by atoms with E-state index in [0.717, 1.165) is 5.56 Å². The molecule has 1 aliphatic carbocycles. The van der Waals surface area contributed by atoms with E-state index in [1.807, 2.05) is 0 Å². The van der Waals surface area contributed by atoms with Gasteiger partial charge in [0.2, 0.25) is 0 Å². The minimum absolute atomic E-state index is 0.311. The normalized spacial score (nSPS) is 32.1. The van der Waals surface area contributed by atoms with Crippen LogP contribution in [0.15, 0.2) is 24.3 Å². The van der Waals surface area contributed by atoms with Crippen LogP contribution in [0.3, 0.4) is 0 Å². The lowest BCUT2D eigenvalue weighted by Crippen LogP contribution is -2.55. The molecule has 0 radical (unpaired) electrons. The molecule has 0 spiro atoms. The SMILES string of the molecule is CN1OC[C@@]2(C(F)(F)F)c3ccccc3CC[C@@H]12. The van der Waals surface area contributed by atoms with Crippen LogP contribution in [0.25, 0.3) is 0 Å². The molecule has 0 amide bonds. The number of fused-ring (bicyclic) bond motifs is 3. The zero-order valence-corrected chi connectivity index (χ0v) is 10.00. The molecule has 3 rings (SSSR count). The number of aryl methyl sites for hydroxylation is 1. The Balaban J connectivity index is 2.22. The molecule has 1 aromatic carbocycles. The summed E-state index contributed by atoms with van der Waals surface area (Å²) in [4.78, 5) is 5.20. The summed E-state index contributed by atoms with van der Waals surface area (Å²) >= 11 is 0. The van der Waals surface area contributed by atoms with Crippen molar-refractivity contribution in [3.05, 3.63) is 35.4 Å². The Morgan fingerprint density at radius 3 is 2.78 bits per heavy atom. The third-order valence-corrected chi connectivity index (χ3v) is 4.19. The average Bonchev–Trinajstić information content (AvgIpc) is 2.68. The van der Waals surface area contributed by atoms with Crippen LogP contribution in [0.5, 0.6) is 0 Å². The van der Waals surface area contributed by atoms with Gasteiger partial charge < -0.3 is 0 Å². The van der Waals surface area contributed by atoms with Crippen LogP contribution in [0, 0.1) is 0 Å². The highest BCUT2D eigenvalue weighted by Gasteiger charge is 2.66. The smallest absolute Gasteiger partial charge is 0.298 e. The molecule has 5 heteroatoms. The number of hydroxylamine groups is 2. The summed E-state index contributed by atoms with van der Waals surface area (Å²) in [6, 6.07) is 6.23. The van der Waals surface area contributed by atoms with Gasteiger partial charge in [0, 0.05) is 7.05 Å². The van der Waals surface area contributed by atoms with E-state index in [1.165, 1.54) is 5.06 Å². The predicted molar refractivity (Wildman–Crippen MR) is 60.0 cm³/mol. The van der Waals surface area contributed by atoms with Crippen molar-refractivity contribution in [3.8, 4) is 0 Å². The molecule has 1 heterocycles. The standard InChI is InChI=1S/C13H14F3NO/c1-17-11-7-6-9-4-2-3-5-10(9)12(11,8-18-17)13(14,15)16/h2-5,11H,6-8H2,1H3/t11-,12-/m1/s1. The van der Waals surface area contributed by atoms with Gasteiger partial charge in [-0.3, -0.25) is 4.84 Å². The molecule has 0 saturated carbocycles. The highest BCUT2D eigenvalue weighted by molar-refractivity contribution is 5.41. The van der Waals surface area contributed by atoms with E-state index in [-0.39, 0.29) is 6.61 Å². The van der Waals surface area contributed by atoms with Crippen molar-refractivity contribution in [2.24, 2.45) is 0 Å². The van der Waals surface area contributed by atoms with Crippen molar-refractivity contribution in [2.45, 2.75) is 30.5 Å². The Hall–Kier alpha value is -1.07. The summed E-state index contributed by atoms with van der Waals surface area (Å²) in [5.74, 6) is 0. The lowest BCUT2D eigenvalue weighted by molar-refractivity contribution is -0.196. The fraction of sp³-hybridized carbons (Fsp3) is 0.538. The van der Waals surface area contributed by atoms with Gasteiger partial charge in [-0.05, 0) is 24.0 Å². The van der Waals surface area contributed by atoms with Crippen LogP contribution in [-0.2, 0) is 16.7 Å². The first kappa shape index (κ1) is 12.0. The van der Waals surface area contributed by atoms with Crippen molar-refractivity contribution < 1.29 is 18.0 Å². The second-order valence-corrected chi connectivity index (χ2v) is 5.00. The van der Waals surface area contributed by atoms with E-state index in [0.29, 0.717) is 18.4 Å². The molecule has 2 nitrogen and oxygen atoms in total. The van der Waals surface area contributed by atoms with Crippen LogP contribution in [0.2, 0.25) is 0 Å². The number of likely N-dealkylation sites (N-methyl/N-ethyl adjacent to an activating group) is 1. The molecular formula is C13H14F3NO. The van der Waals surface area contributed by atoms with E-state index >= 15 is 0 Å². The Morgan fingerprint density at radius 1 is 1.33 bits per heavy atom. The monoisotopic (exact) mass is 257 g/mol. The van der Waals surface area contributed by atoms with Crippen molar-refractivity contribution in [3.63, 3.8) is 0 Å². The van der Waals surface area contributed by atoms with Gasteiger partial charge in [-0.15, -0.1) is 0 Å². The first-order valence-electron chi connectivity index (χ1n) is 5.97. The molecule has 2 aliphatic rings. The van der Waals surface area contributed by atoms with Crippen molar-refractivity contribution >= 4 is 0 Å². The van der Waals surface area contributed by atoms with Gasteiger partial charge >= 0.3 is 6.18 Å². The Labute approximate surface area is 103 Å². The zero-order chi connectivity index (χ0) is 13.0. The van der Waals surface area contributed by atoms with Gasteiger partial charge in [-0.1, -0.05) is 24.3 Å². The van der Waals surface area contributed by atoms with Gasteiger partial charge in [0.1, 0.15) is 5.41 Å². The van der Waals surface area contributed by atoms with E-state index in [2.05, 4.69) is 0 Å². The second-order valence-electron chi connectivity index (χ2n) is 5.00. The van der Waals surface area contributed by atoms with Crippen LogP contribution in [0.4, 0.5) is 13.2 Å². The topological polar surface area (TPSA) is 12.5 Å². The van der Waals surface area contributed by atoms with Gasteiger partial charge in [-0.25, -0.2) is 0 Å². The lowest BCUT2D eigenvalue weighted by atomic mass is 9.67. The van der Waals surface area contributed by atoms with Crippen LogP contribution < -0.4 is 0 Å². The van der Waals surface area contributed by atoms with E-state index in [9.17, 15) is 13.2 Å². The highest BCUT2D eigenvalue weighted by Crippen LogP contribution is 2.53. The third-order valence-electron chi connectivity index (χ3n) is 4.19. The quantitative estimate of drug-likeness (QED) is 0.708. The number of rotatable bonds is 0. The number of benzene rings is 1. The number of halogens is 3. The predicted octanol–water partition coefficient (Wildman–Crippen LogP) is 2.68. The number of alkyl halides is 3. The zero-order valence-electron chi connectivity index (χ0n) is 10.00. The molecule has 2 atom stereocenters. The Bertz CT molecular complexity index is 474. The summed E-state index contributed by atoms with van der Waals surface area (Å²) in [5.41, 5.74) is -0.681. The Kier molecular flexibility index (Phi) is 2.47. The van der Waals surface area contributed by atoms with Crippen molar-refractivity contribution in [1.29, 1.82) is 0 Å². The first-order valence-corrected chi connectivity index (χ1v) is 5.97.